The molecule has 0 radical (unpaired) electrons. The van der Waals surface area contributed by atoms with Crippen LogP contribution in [0.1, 0.15) is 43.4 Å². The van der Waals surface area contributed by atoms with Crippen LogP contribution in [0.4, 0.5) is 0 Å². The Morgan fingerprint density at radius 2 is 1.50 bits per heavy atom. The van der Waals surface area contributed by atoms with E-state index in [0.29, 0.717) is 23.6 Å². The van der Waals surface area contributed by atoms with E-state index in [9.17, 15) is 9.59 Å². The van der Waals surface area contributed by atoms with Gasteiger partial charge in [-0.25, -0.2) is 9.97 Å². The predicted molar refractivity (Wildman–Crippen MR) is 132 cm³/mol. The lowest BCUT2D eigenvalue weighted by atomic mass is 10.1. The van der Waals surface area contributed by atoms with Gasteiger partial charge in [-0.15, -0.1) is 0 Å². The van der Waals surface area contributed by atoms with Crippen molar-refractivity contribution < 1.29 is 9.59 Å². The quantitative estimate of drug-likeness (QED) is 0.238. The van der Waals surface area contributed by atoms with E-state index < -0.39 is 0 Å². The largest absolute Gasteiger partial charge is 0.339 e. The number of rotatable bonds is 7. The van der Waals surface area contributed by atoms with E-state index in [-0.39, 0.29) is 11.8 Å². The molecule has 2 aromatic carbocycles. The summed E-state index contributed by atoms with van der Waals surface area (Å²) < 4.78 is 1.84. The maximum absolute atomic E-state index is 12.6. The molecule has 7 nitrogen and oxygen atoms in total. The highest BCUT2D eigenvalue weighted by Crippen LogP contribution is 2.20. The molecule has 4 aromatic rings. The number of nitrogens with one attached hydrogen (secondary N) is 2. The van der Waals surface area contributed by atoms with Crippen molar-refractivity contribution in [3.8, 4) is 0 Å². The van der Waals surface area contributed by atoms with E-state index in [2.05, 4.69) is 20.8 Å². The summed E-state index contributed by atoms with van der Waals surface area (Å²) in [5.74, 6) is -0.0676. The van der Waals surface area contributed by atoms with E-state index in [0.717, 1.165) is 27.7 Å². The fourth-order valence-corrected chi connectivity index (χ4v) is 4.35. The van der Waals surface area contributed by atoms with Crippen LogP contribution in [-0.2, 0) is 12.3 Å². The molecule has 0 atom stereocenters. The van der Waals surface area contributed by atoms with E-state index >= 15 is 0 Å². The first kappa shape index (κ1) is 23.3. The Balaban J connectivity index is 1.30. The molecule has 2 heterocycles. The van der Waals surface area contributed by atoms with Gasteiger partial charge in [-0.3, -0.25) is 20.4 Å². The second-order valence-electron chi connectivity index (χ2n) is 7.83. The molecule has 0 aliphatic heterocycles. The van der Waals surface area contributed by atoms with E-state index in [4.69, 9.17) is 0 Å². The number of nitrogens with zero attached hydrogens (tertiary/aromatic N) is 3. The molecule has 0 bridgehead atoms. The monoisotopic (exact) mass is 471 g/mol. The Morgan fingerprint density at radius 3 is 2.21 bits per heavy atom. The molecule has 0 saturated carbocycles. The SMILES string of the molecule is Cc1cc(C)nc(SCc2ccc(C(=O)NNC(=O)c3cccn3Cc3ccccc3)cc2)n1. The maximum atomic E-state index is 12.6. The summed E-state index contributed by atoms with van der Waals surface area (Å²) in [5, 5.41) is 0.735. The zero-order valence-corrected chi connectivity index (χ0v) is 19.8. The summed E-state index contributed by atoms with van der Waals surface area (Å²) in [6.45, 7) is 4.47. The molecule has 2 aromatic heterocycles. The molecule has 0 saturated heterocycles. The molecule has 0 spiro atoms. The highest BCUT2D eigenvalue weighted by molar-refractivity contribution is 7.98. The van der Waals surface area contributed by atoms with Crippen LogP contribution in [0.3, 0.4) is 0 Å². The Bertz CT molecular complexity index is 1270. The van der Waals surface area contributed by atoms with E-state index in [1.807, 2.05) is 73.1 Å². The summed E-state index contributed by atoms with van der Waals surface area (Å²) in [6.07, 6.45) is 1.84. The number of aromatic nitrogens is 3. The molecule has 172 valence electrons. The minimum absolute atomic E-state index is 0.379. The van der Waals surface area contributed by atoms with Gasteiger partial charge >= 0.3 is 0 Å². The normalized spacial score (nSPS) is 10.6. The first-order valence-electron chi connectivity index (χ1n) is 10.8. The van der Waals surface area contributed by atoms with Gasteiger partial charge in [0.2, 0.25) is 0 Å². The summed E-state index contributed by atoms with van der Waals surface area (Å²) in [5.41, 5.74) is 9.92. The average Bonchev–Trinajstić information content (AvgIpc) is 3.29. The van der Waals surface area contributed by atoms with Gasteiger partial charge in [0, 0.05) is 35.4 Å². The molecule has 4 rings (SSSR count). The number of benzene rings is 2. The van der Waals surface area contributed by atoms with Gasteiger partial charge in [0.1, 0.15) is 5.69 Å². The number of hydrazine groups is 1. The molecule has 0 unspecified atom stereocenters. The third-order valence-corrected chi connectivity index (χ3v) is 6.01. The van der Waals surface area contributed by atoms with Gasteiger partial charge in [-0.1, -0.05) is 54.2 Å². The van der Waals surface area contributed by atoms with E-state index in [1.165, 1.54) is 0 Å². The van der Waals surface area contributed by atoms with Crippen molar-refractivity contribution in [1.29, 1.82) is 0 Å². The van der Waals surface area contributed by atoms with Gasteiger partial charge in [0.05, 0.1) is 0 Å². The lowest BCUT2D eigenvalue weighted by molar-refractivity contribution is 0.0841. The fourth-order valence-electron chi connectivity index (χ4n) is 3.45. The molecule has 34 heavy (non-hydrogen) atoms. The summed E-state index contributed by atoms with van der Waals surface area (Å²) in [7, 11) is 0. The number of aryl methyl sites for hydroxylation is 2. The molecule has 0 aliphatic rings. The van der Waals surface area contributed by atoms with Crippen molar-refractivity contribution in [3.63, 3.8) is 0 Å². The van der Waals surface area contributed by atoms with Gasteiger partial charge in [-0.2, -0.15) is 0 Å². The maximum Gasteiger partial charge on any atom is 0.286 e. The number of hydrogen-bond donors (Lipinski definition) is 2. The van der Waals surface area contributed by atoms with Crippen molar-refractivity contribution >= 4 is 23.6 Å². The highest BCUT2D eigenvalue weighted by Gasteiger charge is 2.13. The summed E-state index contributed by atoms with van der Waals surface area (Å²) in [6, 6.07) is 22.6. The zero-order chi connectivity index (χ0) is 23.9. The molecule has 0 aliphatic carbocycles. The van der Waals surface area contributed by atoms with Crippen molar-refractivity contribution in [2.45, 2.75) is 31.3 Å². The topological polar surface area (TPSA) is 88.9 Å². The van der Waals surface area contributed by atoms with Crippen molar-refractivity contribution in [2.24, 2.45) is 0 Å². The highest BCUT2D eigenvalue weighted by atomic mass is 32.2. The lowest BCUT2D eigenvalue weighted by Gasteiger charge is -2.11. The van der Waals surface area contributed by atoms with Crippen molar-refractivity contribution in [3.05, 3.63) is 113 Å². The summed E-state index contributed by atoms with van der Waals surface area (Å²) >= 11 is 1.55. The minimum Gasteiger partial charge on any atom is -0.339 e. The third-order valence-electron chi connectivity index (χ3n) is 5.09. The Kier molecular flexibility index (Phi) is 7.39. The molecule has 2 N–H and O–H groups in total. The van der Waals surface area contributed by atoms with Crippen LogP contribution in [0.2, 0.25) is 0 Å². The molecule has 2 amide bonds. The minimum atomic E-state index is -0.383. The number of hydrogen-bond acceptors (Lipinski definition) is 5. The average molecular weight is 472 g/mol. The van der Waals surface area contributed by atoms with Gasteiger partial charge in [-0.05, 0) is 55.3 Å². The van der Waals surface area contributed by atoms with Crippen LogP contribution < -0.4 is 10.9 Å². The van der Waals surface area contributed by atoms with Crippen LogP contribution in [0, 0.1) is 13.8 Å². The smallest absolute Gasteiger partial charge is 0.286 e. The molecule has 0 fully saturated rings. The third kappa shape index (κ3) is 6.11. The standard InChI is InChI=1S/C26H25N5O2S/c1-18-15-19(2)28-26(27-18)34-17-21-10-12-22(13-11-21)24(32)29-30-25(33)23-9-6-14-31(23)16-20-7-4-3-5-8-20/h3-15H,16-17H2,1-2H3,(H,29,32)(H,30,33). The Morgan fingerprint density at radius 1 is 0.824 bits per heavy atom. The number of amides is 2. The second-order valence-corrected chi connectivity index (χ2v) is 8.78. The fraction of sp³-hybridized carbons (Fsp3) is 0.154. The molecule has 8 heteroatoms. The van der Waals surface area contributed by atoms with Gasteiger partial charge in [0.15, 0.2) is 5.16 Å². The van der Waals surface area contributed by atoms with Crippen LogP contribution >= 0.6 is 11.8 Å². The van der Waals surface area contributed by atoms with Crippen LogP contribution in [-0.4, -0.2) is 26.3 Å². The van der Waals surface area contributed by atoms with Gasteiger partial charge in [0.25, 0.3) is 11.8 Å². The van der Waals surface area contributed by atoms with Crippen molar-refractivity contribution in [2.75, 3.05) is 0 Å². The number of thioether (sulfide) groups is 1. The molecular weight excluding hydrogens is 446 g/mol. The van der Waals surface area contributed by atoms with Crippen molar-refractivity contribution in [1.82, 2.24) is 25.4 Å². The first-order chi connectivity index (χ1) is 16.5. The second kappa shape index (κ2) is 10.8. The molecular formula is C26H25N5O2S. The zero-order valence-electron chi connectivity index (χ0n) is 19.0. The lowest BCUT2D eigenvalue weighted by Crippen LogP contribution is -2.42. The summed E-state index contributed by atoms with van der Waals surface area (Å²) in [4.78, 5) is 34.0. The van der Waals surface area contributed by atoms with Crippen LogP contribution in [0.15, 0.2) is 84.1 Å². The van der Waals surface area contributed by atoms with E-state index in [1.54, 1.807) is 36.0 Å². The van der Waals surface area contributed by atoms with Crippen LogP contribution in [0.5, 0.6) is 0 Å². The predicted octanol–water partition coefficient (Wildman–Crippen LogP) is 4.31. The Hall–Kier alpha value is -3.91. The Labute approximate surface area is 202 Å². The number of carbonyl (C=O) groups is 2. The van der Waals surface area contributed by atoms with Crippen LogP contribution in [0.25, 0.3) is 0 Å². The number of carbonyl (C=O) groups excluding carboxylic acids is 2. The first-order valence-corrected chi connectivity index (χ1v) is 11.8. The van der Waals surface area contributed by atoms with Gasteiger partial charge < -0.3 is 4.57 Å².